The predicted octanol–water partition coefficient (Wildman–Crippen LogP) is 0.760. The second-order valence-corrected chi connectivity index (χ2v) is 5.43. The molecular weight excluding hydrogens is 270 g/mol. The first kappa shape index (κ1) is 15.2. The van der Waals surface area contributed by atoms with Crippen LogP contribution in [0.4, 0.5) is 5.69 Å². The largest absolute Gasteiger partial charge is 0.484 e. The fourth-order valence-corrected chi connectivity index (χ4v) is 2.48. The lowest BCUT2D eigenvalue weighted by atomic mass is 9.93. The highest BCUT2D eigenvalue weighted by atomic mass is 16.5. The van der Waals surface area contributed by atoms with Crippen molar-refractivity contribution in [1.29, 1.82) is 0 Å². The number of amides is 2. The Kier molecular flexibility index (Phi) is 4.67. The van der Waals surface area contributed by atoms with Gasteiger partial charge >= 0.3 is 0 Å². The Labute approximate surface area is 124 Å². The van der Waals surface area contributed by atoms with Gasteiger partial charge in [0.05, 0.1) is 5.92 Å². The van der Waals surface area contributed by atoms with Crippen LogP contribution in [0.1, 0.15) is 19.8 Å². The lowest BCUT2D eigenvalue weighted by Crippen LogP contribution is -2.50. The maximum Gasteiger partial charge on any atom is 0.260 e. The summed E-state index contributed by atoms with van der Waals surface area (Å²) in [5.41, 5.74) is 11.6. The van der Waals surface area contributed by atoms with E-state index in [0.717, 1.165) is 12.8 Å². The number of hydrogen-bond acceptors (Lipinski definition) is 4. The topological polar surface area (TPSA) is 98.7 Å². The average molecular weight is 291 g/mol. The number of rotatable bonds is 4. The van der Waals surface area contributed by atoms with Gasteiger partial charge in [-0.25, -0.2) is 0 Å². The highest BCUT2D eigenvalue weighted by Gasteiger charge is 2.31. The number of nitrogens with zero attached hydrogens (tertiary/aromatic N) is 1. The van der Waals surface area contributed by atoms with Gasteiger partial charge in [-0.05, 0) is 44.0 Å². The molecular formula is C15H21N3O3. The number of ether oxygens (including phenoxy) is 1. The van der Waals surface area contributed by atoms with Gasteiger partial charge in [-0.15, -0.1) is 0 Å². The Hall–Kier alpha value is -2.24. The molecule has 1 aromatic rings. The molecule has 21 heavy (non-hydrogen) atoms. The molecule has 1 aliphatic rings. The van der Waals surface area contributed by atoms with E-state index >= 15 is 0 Å². The van der Waals surface area contributed by atoms with Gasteiger partial charge in [-0.3, -0.25) is 9.59 Å². The number of anilines is 1. The number of piperidine rings is 1. The molecule has 1 aromatic carbocycles. The van der Waals surface area contributed by atoms with Crippen LogP contribution in [0.25, 0.3) is 0 Å². The number of nitrogen functional groups attached to an aromatic ring is 1. The van der Waals surface area contributed by atoms with E-state index in [4.69, 9.17) is 16.2 Å². The molecule has 0 saturated carbocycles. The lowest BCUT2D eigenvalue weighted by Gasteiger charge is -2.36. The minimum Gasteiger partial charge on any atom is -0.484 e. The van der Waals surface area contributed by atoms with Crippen LogP contribution in [0.2, 0.25) is 0 Å². The van der Waals surface area contributed by atoms with Crippen LogP contribution in [0.15, 0.2) is 24.3 Å². The lowest BCUT2D eigenvalue weighted by molar-refractivity contribution is -0.139. The average Bonchev–Trinajstić information content (AvgIpc) is 2.46. The number of nitrogens with two attached hydrogens (primary N) is 2. The standard InChI is InChI=1S/C15H21N3O3/c1-10-2-3-11(15(17)20)8-18(10)14(19)9-21-13-6-4-12(16)5-7-13/h4-7,10-11H,2-3,8-9,16H2,1H3,(H2,17,20). The molecule has 2 atom stereocenters. The highest BCUT2D eigenvalue weighted by molar-refractivity contribution is 5.81. The first-order valence-corrected chi connectivity index (χ1v) is 7.04. The molecule has 2 rings (SSSR count). The van der Waals surface area contributed by atoms with Gasteiger partial charge in [0.2, 0.25) is 5.91 Å². The van der Waals surface area contributed by atoms with Crippen molar-refractivity contribution >= 4 is 17.5 Å². The van der Waals surface area contributed by atoms with Crippen LogP contribution in [0.5, 0.6) is 5.75 Å². The Morgan fingerprint density at radius 2 is 1.95 bits per heavy atom. The molecule has 4 N–H and O–H groups in total. The molecule has 0 aliphatic carbocycles. The molecule has 114 valence electrons. The van der Waals surface area contributed by atoms with Crippen molar-refractivity contribution in [2.75, 3.05) is 18.9 Å². The van der Waals surface area contributed by atoms with E-state index in [9.17, 15) is 9.59 Å². The van der Waals surface area contributed by atoms with Crippen molar-refractivity contribution in [2.45, 2.75) is 25.8 Å². The fraction of sp³-hybridized carbons (Fsp3) is 0.467. The molecule has 1 aliphatic heterocycles. The van der Waals surface area contributed by atoms with E-state index in [1.54, 1.807) is 29.2 Å². The van der Waals surface area contributed by atoms with Crippen LogP contribution in [-0.4, -0.2) is 35.9 Å². The predicted molar refractivity (Wildman–Crippen MR) is 79.4 cm³/mol. The monoisotopic (exact) mass is 291 g/mol. The minimum absolute atomic E-state index is 0.0558. The summed E-state index contributed by atoms with van der Waals surface area (Å²) in [5, 5.41) is 0. The zero-order valence-electron chi connectivity index (χ0n) is 12.1. The van der Waals surface area contributed by atoms with E-state index in [0.29, 0.717) is 18.0 Å². The zero-order chi connectivity index (χ0) is 15.4. The Morgan fingerprint density at radius 3 is 2.57 bits per heavy atom. The van der Waals surface area contributed by atoms with Crippen molar-refractivity contribution in [3.05, 3.63) is 24.3 Å². The van der Waals surface area contributed by atoms with Gasteiger partial charge in [-0.2, -0.15) is 0 Å². The van der Waals surface area contributed by atoms with Gasteiger partial charge < -0.3 is 21.1 Å². The third-order valence-electron chi connectivity index (χ3n) is 3.85. The second kappa shape index (κ2) is 6.47. The number of carbonyl (C=O) groups is 2. The molecule has 0 spiro atoms. The summed E-state index contributed by atoms with van der Waals surface area (Å²) in [5.74, 6) is -0.153. The molecule has 0 bridgehead atoms. The number of likely N-dealkylation sites (tertiary alicyclic amines) is 1. The SMILES string of the molecule is CC1CCC(C(N)=O)CN1C(=O)COc1ccc(N)cc1. The molecule has 1 saturated heterocycles. The molecule has 0 aromatic heterocycles. The van der Waals surface area contributed by atoms with E-state index in [1.807, 2.05) is 6.92 Å². The van der Waals surface area contributed by atoms with Crippen LogP contribution in [0.3, 0.4) is 0 Å². The normalized spacial score (nSPS) is 21.9. The van der Waals surface area contributed by atoms with Crippen molar-refractivity contribution in [3.8, 4) is 5.75 Å². The number of primary amides is 1. The second-order valence-electron chi connectivity index (χ2n) is 5.43. The van der Waals surface area contributed by atoms with Crippen molar-refractivity contribution in [1.82, 2.24) is 4.90 Å². The first-order valence-electron chi connectivity index (χ1n) is 7.04. The van der Waals surface area contributed by atoms with Gasteiger partial charge in [0.15, 0.2) is 6.61 Å². The molecule has 0 radical (unpaired) electrons. The molecule has 6 heteroatoms. The summed E-state index contributed by atoms with van der Waals surface area (Å²) < 4.78 is 5.46. The highest BCUT2D eigenvalue weighted by Crippen LogP contribution is 2.22. The third-order valence-corrected chi connectivity index (χ3v) is 3.85. The number of benzene rings is 1. The van der Waals surface area contributed by atoms with Crippen molar-refractivity contribution in [2.24, 2.45) is 11.7 Å². The summed E-state index contributed by atoms with van der Waals surface area (Å²) in [6.07, 6.45) is 1.51. The van der Waals surface area contributed by atoms with Crippen LogP contribution in [0, 0.1) is 5.92 Å². The van der Waals surface area contributed by atoms with E-state index < -0.39 is 0 Å². The Balaban J connectivity index is 1.92. The minimum atomic E-state index is -0.348. The fourth-order valence-electron chi connectivity index (χ4n) is 2.48. The van der Waals surface area contributed by atoms with Gasteiger partial charge in [0.25, 0.3) is 5.91 Å². The van der Waals surface area contributed by atoms with E-state index in [1.165, 1.54) is 0 Å². The maximum atomic E-state index is 12.2. The quantitative estimate of drug-likeness (QED) is 0.800. The maximum absolute atomic E-state index is 12.2. The Morgan fingerprint density at radius 1 is 1.29 bits per heavy atom. The molecule has 1 heterocycles. The summed E-state index contributed by atoms with van der Waals surface area (Å²) in [6.45, 7) is 2.29. The van der Waals surface area contributed by atoms with E-state index in [-0.39, 0.29) is 30.4 Å². The van der Waals surface area contributed by atoms with Gasteiger partial charge in [0, 0.05) is 18.3 Å². The third kappa shape index (κ3) is 3.87. The van der Waals surface area contributed by atoms with Crippen LogP contribution in [-0.2, 0) is 9.59 Å². The van der Waals surface area contributed by atoms with E-state index in [2.05, 4.69) is 0 Å². The first-order chi connectivity index (χ1) is 9.97. The summed E-state index contributed by atoms with van der Waals surface area (Å²) in [7, 11) is 0. The smallest absolute Gasteiger partial charge is 0.260 e. The Bertz CT molecular complexity index is 515. The van der Waals surface area contributed by atoms with Gasteiger partial charge in [0.1, 0.15) is 5.75 Å². The van der Waals surface area contributed by atoms with Crippen LogP contribution >= 0.6 is 0 Å². The molecule has 2 unspecified atom stereocenters. The number of carbonyl (C=O) groups excluding carboxylic acids is 2. The zero-order valence-corrected chi connectivity index (χ0v) is 12.1. The van der Waals surface area contributed by atoms with Crippen molar-refractivity contribution < 1.29 is 14.3 Å². The van der Waals surface area contributed by atoms with Gasteiger partial charge in [-0.1, -0.05) is 0 Å². The summed E-state index contributed by atoms with van der Waals surface area (Å²) >= 11 is 0. The molecule has 2 amide bonds. The van der Waals surface area contributed by atoms with Crippen molar-refractivity contribution in [3.63, 3.8) is 0 Å². The van der Waals surface area contributed by atoms with Crippen LogP contribution < -0.4 is 16.2 Å². The number of hydrogen-bond donors (Lipinski definition) is 2. The summed E-state index contributed by atoms with van der Waals surface area (Å²) in [4.78, 5) is 25.2. The molecule has 1 fully saturated rings. The molecule has 6 nitrogen and oxygen atoms in total. The summed E-state index contributed by atoms with van der Waals surface area (Å²) in [6, 6.07) is 6.96.